The van der Waals surface area contributed by atoms with Gasteiger partial charge in [0.2, 0.25) is 5.91 Å². The molecular weight excluding hydrogens is 306 g/mol. The number of nitrogens with zero attached hydrogens (tertiary/aromatic N) is 1. The molecule has 0 saturated heterocycles. The summed E-state index contributed by atoms with van der Waals surface area (Å²) in [6, 6.07) is 9.00. The largest absolute Gasteiger partial charge is 0.337 e. The van der Waals surface area contributed by atoms with Crippen molar-refractivity contribution in [3.05, 3.63) is 46.8 Å². The molecule has 7 heteroatoms. The second kappa shape index (κ2) is 8.43. The summed E-state index contributed by atoms with van der Waals surface area (Å²) in [5, 5.41) is 7.71. The van der Waals surface area contributed by atoms with Crippen molar-refractivity contribution in [2.75, 3.05) is 12.3 Å². The van der Waals surface area contributed by atoms with E-state index in [4.69, 9.17) is 0 Å². The van der Waals surface area contributed by atoms with Crippen LogP contribution in [0.4, 0.5) is 4.79 Å². The molecule has 0 saturated carbocycles. The van der Waals surface area contributed by atoms with Gasteiger partial charge >= 0.3 is 6.03 Å². The summed E-state index contributed by atoms with van der Waals surface area (Å²) < 4.78 is 0. The van der Waals surface area contributed by atoms with E-state index >= 15 is 0 Å². The number of urea groups is 1. The third-order valence-electron chi connectivity index (χ3n) is 2.48. The monoisotopic (exact) mass is 321 g/mol. The summed E-state index contributed by atoms with van der Waals surface area (Å²) in [4.78, 5) is 28.4. The molecule has 0 spiro atoms. The molecule has 2 heterocycles. The van der Waals surface area contributed by atoms with E-state index in [1.54, 1.807) is 17.5 Å². The van der Waals surface area contributed by atoms with Gasteiger partial charge in [-0.05, 0) is 30.0 Å². The van der Waals surface area contributed by atoms with Crippen molar-refractivity contribution in [3.8, 4) is 0 Å². The first-order valence-electron chi connectivity index (χ1n) is 6.38. The molecule has 0 fully saturated rings. The van der Waals surface area contributed by atoms with Gasteiger partial charge in [-0.25, -0.2) is 9.78 Å². The predicted octanol–water partition coefficient (Wildman–Crippen LogP) is 2.30. The lowest BCUT2D eigenvalue weighted by Gasteiger charge is -2.05. The van der Waals surface area contributed by atoms with Crippen molar-refractivity contribution in [1.82, 2.24) is 15.6 Å². The van der Waals surface area contributed by atoms with Crippen molar-refractivity contribution >= 4 is 35.0 Å². The number of hydrogen-bond donors (Lipinski definition) is 2. The molecule has 21 heavy (non-hydrogen) atoms. The number of carbonyl (C=O) groups is 2. The van der Waals surface area contributed by atoms with E-state index in [9.17, 15) is 9.59 Å². The van der Waals surface area contributed by atoms with Crippen LogP contribution in [0, 0.1) is 0 Å². The Balaban J connectivity index is 1.62. The molecule has 5 nitrogen and oxygen atoms in total. The zero-order valence-electron chi connectivity index (χ0n) is 11.2. The summed E-state index contributed by atoms with van der Waals surface area (Å²) in [5.74, 6) is -0.172. The summed E-state index contributed by atoms with van der Waals surface area (Å²) in [6.45, 7) is 0.507. The van der Waals surface area contributed by atoms with Gasteiger partial charge in [0.15, 0.2) is 0 Å². The van der Waals surface area contributed by atoms with Crippen molar-refractivity contribution in [2.45, 2.75) is 11.4 Å². The van der Waals surface area contributed by atoms with Crippen molar-refractivity contribution in [3.63, 3.8) is 0 Å². The Morgan fingerprint density at radius 3 is 2.86 bits per heavy atom. The first-order chi connectivity index (χ1) is 10.2. The van der Waals surface area contributed by atoms with Gasteiger partial charge in [0.1, 0.15) is 0 Å². The number of imide groups is 1. The molecule has 0 atom stereocenters. The Bertz CT molecular complexity index is 573. The van der Waals surface area contributed by atoms with Crippen molar-refractivity contribution in [1.29, 1.82) is 0 Å². The molecule has 0 bridgehead atoms. The fourth-order valence-electron chi connectivity index (χ4n) is 1.53. The van der Waals surface area contributed by atoms with E-state index in [2.05, 4.69) is 15.6 Å². The number of amides is 3. The van der Waals surface area contributed by atoms with E-state index in [0.717, 1.165) is 11.4 Å². The topological polar surface area (TPSA) is 71.1 Å². The Hall–Kier alpha value is -1.86. The number of thioether (sulfide) groups is 1. The van der Waals surface area contributed by atoms with Crippen LogP contribution >= 0.6 is 23.1 Å². The SMILES string of the molecule is O=C(CSc1ccccn1)NC(=O)NCCc1cccs1. The van der Waals surface area contributed by atoms with Gasteiger partial charge in [0.05, 0.1) is 10.8 Å². The number of thiophene rings is 1. The molecule has 110 valence electrons. The summed E-state index contributed by atoms with van der Waals surface area (Å²) in [7, 11) is 0. The Labute approximate surface area is 131 Å². The van der Waals surface area contributed by atoms with Gasteiger partial charge in [-0.15, -0.1) is 11.3 Å². The van der Waals surface area contributed by atoms with E-state index in [1.165, 1.54) is 16.6 Å². The number of nitrogens with one attached hydrogen (secondary N) is 2. The smallest absolute Gasteiger partial charge is 0.321 e. The molecule has 2 N–H and O–H groups in total. The van der Waals surface area contributed by atoms with Crippen LogP contribution in [-0.4, -0.2) is 29.2 Å². The van der Waals surface area contributed by atoms with Crippen LogP contribution in [0.1, 0.15) is 4.88 Å². The molecule has 0 aliphatic rings. The highest BCUT2D eigenvalue weighted by Crippen LogP contribution is 2.12. The fourth-order valence-corrected chi connectivity index (χ4v) is 2.90. The first kappa shape index (κ1) is 15.5. The van der Waals surface area contributed by atoms with Crippen LogP contribution in [0.5, 0.6) is 0 Å². The summed E-state index contributed by atoms with van der Waals surface area (Å²) in [5.41, 5.74) is 0. The summed E-state index contributed by atoms with van der Waals surface area (Å²) >= 11 is 2.94. The van der Waals surface area contributed by atoms with Crippen molar-refractivity contribution in [2.24, 2.45) is 0 Å². The van der Waals surface area contributed by atoms with Gasteiger partial charge < -0.3 is 5.32 Å². The maximum absolute atomic E-state index is 11.6. The minimum absolute atomic E-state index is 0.162. The van der Waals surface area contributed by atoms with E-state index < -0.39 is 6.03 Å². The number of carbonyl (C=O) groups excluding carboxylic acids is 2. The molecule has 2 aromatic rings. The molecule has 0 unspecified atom stereocenters. The average molecular weight is 321 g/mol. The molecule has 2 rings (SSSR count). The van der Waals surface area contributed by atoms with Crippen molar-refractivity contribution < 1.29 is 9.59 Å². The van der Waals surface area contributed by atoms with Gasteiger partial charge in [0.25, 0.3) is 0 Å². The number of pyridine rings is 1. The number of rotatable bonds is 6. The highest BCUT2D eigenvalue weighted by atomic mass is 32.2. The van der Waals surface area contributed by atoms with Gasteiger partial charge in [-0.3, -0.25) is 10.1 Å². The molecule has 0 aliphatic carbocycles. The summed E-state index contributed by atoms with van der Waals surface area (Å²) in [6.07, 6.45) is 2.43. The van der Waals surface area contributed by atoms with E-state index in [1.807, 2.05) is 35.7 Å². The standard InChI is InChI=1S/C14H15N3O2S2/c18-12(10-21-13-5-1-2-7-15-13)17-14(19)16-8-6-11-4-3-9-20-11/h1-5,7,9H,6,8,10H2,(H2,16,17,18,19). The molecule has 0 radical (unpaired) electrons. The Morgan fingerprint density at radius 1 is 1.24 bits per heavy atom. The molecule has 0 aromatic carbocycles. The number of aromatic nitrogens is 1. The Kier molecular flexibility index (Phi) is 6.23. The maximum atomic E-state index is 11.6. The van der Waals surface area contributed by atoms with Crippen LogP contribution in [-0.2, 0) is 11.2 Å². The predicted molar refractivity (Wildman–Crippen MR) is 84.5 cm³/mol. The minimum Gasteiger partial charge on any atom is -0.337 e. The molecule has 0 aliphatic heterocycles. The molecule has 3 amide bonds. The normalized spacial score (nSPS) is 10.1. The zero-order valence-corrected chi connectivity index (χ0v) is 12.9. The van der Waals surface area contributed by atoms with E-state index in [0.29, 0.717) is 6.54 Å². The van der Waals surface area contributed by atoms with Gasteiger partial charge in [-0.1, -0.05) is 23.9 Å². The third-order valence-corrected chi connectivity index (χ3v) is 4.36. The molecular formula is C14H15N3O2S2. The van der Waals surface area contributed by atoms with Crippen LogP contribution < -0.4 is 10.6 Å². The number of hydrogen-bond acceptors (Lipinski definition) is 5. The van der Waals surface area contributed by atoms with Crippen LogP contribution in [0.25, 0.3) is 0 Å². The van der Waals surface area contributed by atoms with Gasteiger partial charge in [-0.2, -0.15) is 0 Å². The highest BCUT2D eigenvalue weighted by molar-refractivity contribution is 7.99. The lowest BCUT2D eigenvalue weighted by atomic mass is 10.3. The van der Waals surface area contributed by atoms with Gasteiger partial charge in [0, 0.05) is 17.6 Å². The van der Waals surface area contributed by atoms with Crippen LogP contribution in [0.2, 0.25) is 0 Å². The van der Waals surface area contributed by atoms with Crippen LogP contribution in [0.3, 0.4) is 0 Å². The first-order valence-corrected chi connectivity index (χ1v) is 8.24. The zero-order chi connectivity index (χ0) is 14.9. The third kappa shape index (κ3) is 5.97. The van der Waals surface area contributed by atoms with Crippen LogP contribution in [0.15, 0.2) is 46.9 Å². The lowest BCUT2D eigenvalue weighted by molar-refractivity contribution is -0.117. The molecule has 2 aromatic heterocycles. The Morgan fingerprint density at radius 2 is 2.14 bits per heavy atom. The fraction of sp³-hybridized carbons (Fsp3) is 0.214. The second-order valence-electron chi connectivity index (χ2n) is 4.09. The van der Waals surface area contributed by atoms with E-state index in [-0.39, 0.29) is 11.7 Å². The minimum atomic E-state index is -0.460. The maximum Gasteiger partial charge on any atom is 0.321 e. The average Bonchev–Trinajstić information content (AvgIpc) is 2.99. The highest BCUT2D eigenvalue weighted by Gasteiger charge is 2.08. The lowest BCUT2D eigenvalue weighted by Crippen LogP contribution is -2.41. The second-order valence-corrected chi connectivity index (χ2v) is 6.12. The quantitative estimate of drug-likeness (QED) is 0.801.